The third-order valence-corrected chi connectivity index (χ3v) is 4.07. The third-order valence-electron chi connectivity index (χ3n) is 4.07. The highest BCUT2D eigenvalue weighted by molar-refractivity contribution is 5.82. The van der Waals surface area contributed by atoms with E-state index < -0.39 is 0 Å². The van der Waals surface area contributed by atoms with E-state index in [2.05, 4.69) is 79.5 Å². The second kappa shape index (κ2) is 5.64. The molecule has 1 aliphatic rings. The van der Waals surface area contributed by atoms with Crippen LogP contribution in [0, 0.1) is 5.92 Å². The maximum absolute atomic E-state index is 2.41. The fourth-order valence-electron chi connectivity index (χ4n) is 3.16. The number of likely N-dealkylation sites (N-methyl/N-ethyl adjacent to an activating group) is 1. The van der Waals surface area contributed by atoms with E-state index in [1.165, 1.54) is 16.7 Å². The molecule has 1 nitrogen and oxygen atoms in total. The van der Waals surface area contributed by atoms with E-state index in [9.17, 15) is 0 Å². The van der Waals surface area contributed by atoms with Gasteiger partial charge in [0.1, 0.15) is 0 Å². The van der Waals surface area contributed by atoms with Crippen molar-refractivity contribution in [3.8, 4) is 0 Å². The minimum absolute atomic E-state index is 0.621. The fraction of sp³-hybridized carbons (Fsp3) is 0.263. The molecule has 0 N–H and O–H groups in total. The Morgan fingerprint density at radius 1 is 0.900 bits per heavy atom. The summed E-state index contributed by atoms with van der Waals surface area (Å²) in [5, 5.41) is 0. The molecule has 0 bridgehead atoms. The van der Waals surface area contributed by atoms with Crippen molar-refractivity contribution in [1.82, 2.24) is 4.90 Å². The lowest BCUT2D eigenvalue weighted by Crippen LogP contribution is -2.12. The van der Waals surface area contributed by atoms with Crippen LogP contribution in [0.2, 0.25) is 0 Å². The molecule has 1 atom stereocenters. The first-order valence-corrected chi connectivity index (χ1v) is 7.28. The van der Waals surface area contributed by atoms with E-state index in [0.29, 0.717) is 5.92 Å². The largest absolute Gasteiger partial charge is 0.302 e. The molecular weight excluding hydrogens is 242 g/mol. The molecular formula is C19H21N. The lowest BCUT2D eigenvalue weighted by Gasteiger charge is -2.15. The van der Waals surface area contributed by atoms with Gasteiger partial charge in [-0.05, 0) is 35.2 Å². The highest BCUT2D eigenvalue weighted by Crippen LogP contribution is 2.34. The number of hydrogen-bond acceptors (Lipinski definition) is 1. The van der Waals surface area contributed by atoms with Crippen LogP contribution in [0.1, 0.15) is 18.1 Å². The molecule has 1 fully saturated rings. The number of benzene rings is 2. The van der Waals surface area contributed by atoms with Gasteiger partial charge in [-0.1, -0.05) is 67.6 Å². The second-order valence-electron chi connectivity index (χ2n) is 5.73. The molecule has 2 aromatic rings. The van der Waals surface area contributed by atoms with Crippen LogP contribution in [0.25, 0.3) is 5.57 Å². The third kappa shape index (κ3) is 2.54. The summed E-state index contributed by atoms with van der Waals surface area (Å²) in [6.45, 7) is 4.56. The van der Waals surface area contributed by atoms with Crippen LogP contribution in [-0.4, -0.2) is 25.0 Å². The van der Waals surface area contributed by atoms with Crippen LogP contribution >= 0.6 is 0 Å². The molecule has 0 amide bonds. The minimum Gasteiger partial charge on any atom is -0.302 e. The first-order valence-electron chi connectivity index (χ1n) is 7.28. The summed E-state index contributed by atoms with van der Waals surface area (Å²) in [4.78, 5) is 2.41. The lowest BCUT2D eigenvalue weighted by atomic mass is 9.89. The Bertz CT molecular complexity index is 557. The van der Waals surface area contributed by atoms with Crippen molar-refractivity contribution in [3.63, 3.8) is 0 Å². The zero-order valence-corrected chi connectivity index (χ0v) is 12.2. The van der Waals surface area contributed by atoms with Gasteiger partial charge in [-0.15, -0.1) is 0 Å². The predicted octanol–water partition coefficient (Wildman–Crippen LogP) is 4.07. The smallest absolute Gasteiger partial charge is 0.0202 e. The summed E-state index contributed by atoms with van der Waals surface area (Å²) in [5.74, 6) is 0.621. The molecule has 3 rings (SSSR count). The van der Waals surface area contributed by atoms with E-state index >= 15 is 0 Å². The normalized spacial score (nSPS) is 19.3. The average Bonchev–Trinajstić information content (AvgIpc) is 2.80. The van der Waals surface area contributed by atoms with Gasteiger partial charge in [0.15, 0.2) is 0 Å². The van der Waals surface area contributed by atoms with Crippen LogP contribution in [0.3, 0.4) is 0 Å². The average molecular weight is 263 g/mol. The van der Waals surface area contributed by atoms with Crippen LogP contribution in [0.15, 0.2) is 66.2 Å². The molecule has 20 heavy (non-hydrogen) atoms. The molecule has 1 unspecified atom stereocenters. The van der Waals surface area contributed by atoms with E-state index in [1.54, 1.807) is 5.57 Å². The van der Waals surface area contributed by atoms with Crippen molar-refractivity contribution in [3.05, 3.63) is 77.4 Å². The summed E-state index contributed by atoms with van der Waals surface area (Å²) in [5.41, 5.74) is 5.64. The highest BCUT2D eigenvalue weighted by atomic mass is 15.1. The van der Waals surface area contributed by atoms with E-state index in [0.717, 1.165) is 13.1 Å². The topological polar surface area (TPSA) is 3.24 Å². The van der Waals surface area contributed by atoms with Crippen LogP contribution in [0.4, 0.5) is 0 Å². The molecule has 102 valence electrons. The van der Waals surface area contributed by atoms with Crippen LogP contribution in [-0.2, 0) is 0 Å². The van der Waals surface area contributed by atoms with E-state index in [4.69, 9.17) is 0 Å². The van der Waals surface area contributed by atoms with Gasteiger partial charge in [-0.2, -0.15) is 0 Å². The predicted molar refractivity (Wildman–Crippen MR) is 85.6 cm³/mol. The summed E-state index contributed by atoms with van der Waals surface area (Å²) in [6.07, 6.45) is 0. The molecule has 0 radical (unpaired) electrons. The van der Waals surface area contributed by atoms with Gasteiger partial charge in [0.2, 0.25) is 0 Å². The molecule has 0 aliphatic carbocycles. The second-order valence-corrected chi connectivity index (χ2v) is 5.73. The van der Waals surface area contributed by atoms with Gasteiger partial charge in [0.25, 0.3) is 0 Å². The SMILES string of the molecule is CC1CN(C)CC1=C(c1ccccc1)c1ccccc1. The molecule has 0 spiro atoms. The maximum atomic E-state index is 2.41. The number of nitrogens with zero attached hydrogens (tertiary/aromatic N) is 1. The summed E-state index contributed by atoms with van der Waals surface area (Å²) < 4.78 is 0. The van der Waals surface area contributed by atoms with Crippen molar-refractivity contribution in [2.24, 2.45) is 5.92 Å². The molecule has 1 heteroatoms. The first-order chi connectivity index (χ1) is 9.75. The Kier molecular flexibility index (Phi) is 3.70. The molecule has 1 saturated heterocycles. The standard InChI is InChI=1S/C19H21N/c1-15-13-20(2)14-18(15)19(16-9-5-3-6-10-16)17-11-7-4-8-12-17/h3-12,15H,13-14H2,1-2H3. The molecule has 2 aromatic carbocycles. The summed E-state index contributed by atoms with van der Waals surface area (Å²) in [7, 11) is 2.21. The number of rotatable bonds is 2. The summed E-state index contributed by atoms with van der Waals surface area (Å²) in [6, 6.07) is 21.6. The summed E-state index contributed by atoms with van der Waals surface area (Å²) >= 11 is 0. The van der Waals surface area contributed by atoms with Gasteiger partial charge in [-0.3, -0.25) is 0 Å². The Morgan fingerprint density at radius 3 is 1.80 bits per heavy atom. The lowest BCUT2D eigenvalue weighted by molar-refractivity contribution is 0.403. The Hall–Kier alpha value is -1.86. The molecule has 1 aliphatic heterocycles. The van der Waals surface area contributed by atoms with Crippen LogP contribution < -0.4 is 0 Å². The number of likely N-dealkylation sites (tertiary alicyclic amines) is 1. The van der Waals surface area contributed by atoms with Gasteiger partial charge < -0.3 is 4.90 Å². The maximum Gasteiger partial charge on any atom is 0.0202 e. The number of hydrogen-bond donors (Lipinski definition) is 0. The van der Waals surface area contributed by atoms with Gasteiger partial charge in [-0.25, -0.2) is 0 Å². The monoisotopic (exact) mass is 263 g/mol. The minimum atomic E-state index is 0.621. The molecule has 1 heterocycles. The van der Waals surface area contributed by atoms with Crippen molar-refractivity contribution >= 4 is 5.57 Å². The zero-order valence-electron chi connectivity index (χ0n) is 12.2. The Morgan fingerprint density at radius 2 is 1.40 bits per heavy atom. The van der Waals surface area contributed by atoms with Crippen molar-refractivity contribution in [2.45, 2.75) is 6.92 Å². The molecule has 0 saturated carbocycles. The quantitative estimate of drug-likeness (QED) is 0.789. The van der Waals surface area contributed by atoms with Gasteiger partial charge in [0, 0.05) is 13.1 Å². The van der Waals surface area contributed by atoms with Gasteiger partial charge in [0.05, 0.1) is 0 Å². The van der Waals surface area contributed by atoms with E-state index in [-0.39, 0.29) is 0 Å². The van der Waals surface area contributed by atoms with Crippen molar-refractivity contribution in [1.29, 1.82) is 0 Å². The fourth-order valence-corrected chi connectivity index (χ4v) is 3.16. The van der Waals surface area contributed by atoms with Crippen molar-refractivity contribution in [2.75, 3.05) is 20.1 Å². The molecule has 0 aromatic heterocycles. The van der Waals surface area contributed by atoms with Crippen molar-refractivity contribution < 1.29 is 0 Å². The first kappa shape index (κ1) is 13.1. The zero-order chi connectivity index (χ0) is 13.9. The Balaban J connectivity index is 2.17. The highest BCUT2D eigenvalue weighted by Gasteiger charge is 2.25. The van der Waals surface area contributed by atoms with E-state index in [1.807, 2.05) is 0 Å². The van der Waals surface area contributed by atoms with Crippen LogP contribution in [0.5, 0.6) is 0 Å². The van der Waals surface area contributed by atoms with Gasteiger partial charge >= 0.3 is 0 Å². The Labute approximate surface area is 121 Å².